The molecule has 4 heteroatoms. The van der Waals surface area contributed by atoms with Crippen molar-refractivity contribution in [2.24, 2.45) is 5.92 Å². The number of carboxylic acid groups (broad SMARTS) is 1. The van der Waals surface area contributed by atoms with Crippen LogP contribution in [0.25, 0.3) is 10.9 Å². The lowest BCUT2D eigenvalue weighted by Gasteiger charge is -2.21. The first-order valence-corrected chi connectivity index (χ1v) is 7.05. The molecule has 1 atom stereocenters. The van der Waals surface area contributed by atoms with Crippen LogP contribution in [-0.4, -0.2) is 29.1 Å². The molecule has 0 amide bonds. The fourth-order valence-electron chi connectivity index (χ4n) is 2.83. The van der Waals surface area contributed by atoms with E-state index in [1.807, 2.05) is 18.2 Å². The second-order valence-electron chi connectivity index (χ2n) is 5.27. The topological polar surface area (TPSA) is 53.4 Å². The normalized spacial score (nSPS) is 18.6. The van der Waals surface area contributed by atoms with Crippen LogP contribution in [0.4, 0.5) is 5.69 Å². The van der Waals surface area contributed by atoms with E-state index >= 15 is 0 Å². The van der Waals surface area contributed by atoms with Crippen molar-refractivity contribution in [1.29, 1.82) is 0 Å². The fraction of sp³-hybridized carbons (Fsp3) is 0.375. The maximum absolute atomic E-state index is 11.1. The van der Waals surface area contributed by atoms with E-state index in [0.717, 1.165) is 35.2 Å². The van der Waals surface area contributed by atoms with Crippen molar-refractivity contribution < 1.29 is 9.90 Å². The maximum Gasteiger partial charge on any atom is 0.308 e. The van der Waals surface area contributed by atoms with Crippen LogP contribution in [0.2, 0.25) is 0 Å². The summed E-state index contributed by atoms with van der Waals surface area (Å²) in [6, 6.07) is 10.2. The van der Waals surface area contributed by atoms with Gasteiger partial charge in [0.05, 0.1) is 11.4 Å². The molecule has 104 valence electrons. The Morgan fingerprint density at radius 1 is 1.45 bits per heavy atom. The first-order chi connectivity index (χ1) is 9.69. The highest BCUT2D eigenvalue weighted by Gasteiger charge is 2.29. The van der Waals surface area contributed by atoms with E-state index in [9.17, 15) is 4.79 Å². The van der Waals surface area contributed by atoms with Gasteiger partial charge < -0.3 is 10.0 Å². The Balaban J connectivity index is 2.04. The minimum Gasteiger partial charge on any atom is -0.481 e. The molecule has 0 radical (unpaired) electrons. The molecule has 1 fully saturated rings. The van der Waals surface area contributed by atoms with Gasteiger partial charge in [0.1, 0.15) is 0 Å². The fourth-order valence-corrected chi connectivity index (χ4v) is 2.83. The summed E-state index contributed by atoms with van der Waals surface area (Å²) in [5, 5.41) is 10.3. The van der Waals surface area contributed by atoms with Crippen molar-refractivity contribution in [2.45, 2.75) is 19.8 Å². The molecule has 0 spiro atoms. The third kappa shape index (κ3) is 2.22. The van der Waals surface area contributed by atoms with Gasteiger partial charge in [-0.15, -0.1) is 0 Å². The first-order valence-electron chi connectivity index (χ1n) is 7.05. The highest BCUT2D eigenvalue weighted by atomic mass is 16.4. The summed E-state index contributed by atoms with van der Waals surface area (Å²) in [6.07, 6.45) is 1.60. The van der Waals surface area contributed by atoms with Crippen LogP contribution in [0.3, 0.4) is 0 Å². The van der Waals surface area contributed by atoms with Gasteiger partial charge in [-0.25, -0.2) is 0 Å². The van der Waals surface area contributed by atoms with E-state index < -0.39 is 5.97 Å². The van der Waals surface area contributed by atoms with Crippen LogP contribution in [-0.2, 0) is 11.2 Å². The average molecular weight is 270 g/mol. The molecule has 1 saturated heterocycles. The van der Waals surface area contributed by atoms with Crippen molar-refractivity contribution in [3.05, 3.63) is 36.0 Å². The molecule has 0 bridgehead atoms. The van der Waals surface area contributed by atoms with Crippen molar-refractivity contribution in [3.8, 4) is 0 Å². The monoisotopic (exact) mass is 270 g/mol. The van der Waals surface area contributed by atoms with Crippen LogP contribution < -0.4 is 4.90 Å². The number of para-hydroxylation sites is 1. The summed E-state index contributed by atoms with van der Waals surface area (Å²) in [5.74, 6) is -0.950. The van der Waals surface area contributed by atoms with Gasteiger partial charge in [0, 0.05) is 29.9 Å². The number of hydrogen-bond donors (Lipinski definition) is 1. The smallest absolute Gasteiger partial charge is 0.308 e. The number of aryl methyl sites for hydroxylation is 1. The van der Waals surface area contributed by atoms with E-state index in [4.69, 9.17) is 5.11 Å². The van der Waals surface area contributed by atoms with Crippen LogP contribution in [0.15, 0.2) is 30.3 Å². The summed E-state index contributed by atoms with van der Waals surface area (Å²) >= 11 is 0. The number of carboxylic acids is 1. The standard InChI is InChI=1S/C16H18N2O2/c1-2-12-9-15(13-5-3-4-6-14(13)17-12)18-8-7-11(10-18)16(19)20/h3-6,9,11H,2,7-8,10H2,1H3,(H,19,20). The Hall–Kier alpha value is -2.10. The number of aromatic nitrogens is 1. The largest absolute Gasteiger partial charge is 0.481 e. The molecular formula is C16H18N2O2. The predicted molar refractivity (Wildman–Crippen MR) is 79.1 cm³/mol. The zero-order valence-electron chi connectivity index (χ0n) is 11.5. The molecule has 0 aliphatic carbocycles. The highest BCUT2D eigenvalue weighted by molar-refractivity contribution is 5.92. The van der Waals surface area contributed by atoms with Crippen LogP contribution in [0, 0.1) is 5.92 Å². The first kappa shape index (κ1) is 12.9. The number of pyridine rings is 1. The maximum atomic E-state index is 11.1. The van der Waals surface area contributed by atoms with Crippen LogP contribution in [0.1, 0.15) is 19.0 Å². The third-order valence-electron chi connectivity index (χ3n) is 3.99. The highest BCUT2D eigenvalue weighted by Crippen LogP contribution is 2.31. The van der Waals surface area contributed by atoms with Crippen molar-refractivity contribution >= 4 is 22.6 Å². The van der Waals surface area contributed by atoms with Gasteiger partial charge in [0.25, 0.3) is 0 Å². The predicted octanol–water partition coefficient (Wildman–Crippen LogP) is 2.71. The van der Waals surface area contributed by atoms with Gasteiger partial charge in [-0.3, -0.25) is 9.78 Å². The minimum absolute atomic E-state index is 0.257. The SMILES string of the molecule is CCc1cc(N2CCC(C(=O)O)C2)c2ccccc2n1. The van der Waals surface area contributed by atoms with Gasteiger partial charge in [0.2, 0.25) is 0 Å². The molecule has 1 unspecified atom stereocenters. The Morgan fingerprint density at radius 3 is 2.95 bits per heavy atom. The lowest BCUT2D eigenvalue weighted by atomic mass is 10.1. The van der Waals surface area contributed by atoms with Crippen LogP contribution >= 0.6 is 0 Å². The molecule has 3 rings (SSSR count). The average Bonchev–Trinajstić information content (AvgIpc) is 2.96. The summed E-state index contributed by atoms with van der Waals surface area (Å²) in [7, 11) is 0. The lowest BCUT2D eigenvalue weighted by molar-refractivity contribution is -0.140. The quantitative estimate of drug-likeness (QED) is 0.931. The third-order valence-corrected chi connectivity index (χ3v) is 3.99. The molecule has 1 aromatic heterocycles. The molecule has 1 aromatic carbocycles. The lowest BCUT2D eigenvalue weighted by Crippen LogP contribution is -2.23. The molecule has 4 nitrogen and oxygen atoms in total. The molecule has 20 heavy (non-hydrogen) atoms. The van der Waals surface area contributed by atoms with Crippen molar-refractivity contribution in [3.63, 3.8) is 0 Å². The second-order valence-corrected chi connectivity index (χ2v) is 5.27. The molecule has 2 heterocycles. The van der Waals surface area contributed by atoms with Crippen molar-refractivity contribution in [1.82, 2.24) is 4.98 Å². The van der Waals surface area contributed by atoms with E-state index in [1.165, 1.54) is 0 Å². The Kier molecular flexibility index (Phi) is 3.30. The summed E-state index contributed by atoms with van der Waals surface area (Å²) in [4.78, 5) is 17.9. The van der Waals surface area contributed by atoms with E-state index in [0.29, 0.717) is 13.0 Å². The summed E-state index contributed by atoms with van der Waals surface area (Å²) in [6.45, 7) is 3.48. The molecule has 1 aliphatic rings. The van der Waals surface area contributed by atoms with E-state index in [2.05, 4.69) is 28.9 Å². The Labute approximate surface area is 118 Å². The number of rotatable bonds is 3. The van der Waals surface area contributed by atoms with Crippen molar-refractivity contribution in [2.75, 3.05) is 18.0 Å². The zero-order chi connectivity index (χ0) is 14.1. The van der Waals surface area contributed by atoms with E-state index in [-0.39, 0.29) is 5.92 Å². The molecular weight excluding hydrogens is 252 g/mol. The summed E-state index contributed by atoms with van der Waals surface area (Å²) < 4.78 is 0. The second kappa shape index (κ2) is 5.12. The number of benzene rings is 1. The Bertz CT molecular complexity index is 654. The van der Waals surface area contributed by atoms with Gasteiger partial charge in [-0.1, -0.05) is 25.1 Å². The molecule has 2 aromatic rings. The number of fused-ring (bicyclic) bond motifs is 1. The number of nitrogens with zero attached hydrogens (tertiary/aromatic N) is 2. The number of hydrogen-bond acceptors (Lipinski definition) is 3. The number of carbonyl (C=O) groups is 1. The Morgan fingerprint density at radius 2 is 2.25 bits per heavy atom. The molecule has 1 aliphatic heterocycles. The van der Waals surface area contributed by atoms with Gasteiger partial charge in [-0.2, -0.15) is 0 Å². The minimum atomic E-state index is -0.693. The number of anilines is 1. The zero-order valence-corrected chi connectivity index (χ0v) is 11.5. The molecule has 0 saturated carbocycles. The van der Waals surface area contributed by atoms with Gasteiger partial charge >= 0.3 is 5.97 Å². The number of aliphatic carboxylic acids is 1. The van der Waals surface area contributed by atoms with Crippen LogP contribution in [0.5, 0.6) is 0 Å². The van der Waals surface area contributed by atoms with E-state index in [1.54, 1.807) is 0 Å². The van der Waals surface area contributed by atoms with Gasteiger partial charge in [0.15, 0.2) is 0 Å². The van der Waals surface area contributed by atoms with Gasteiger partial charge in [-0.05, 0) is 25.0 Å². The molecule has 1 N–H and O–H groups in total. The summed E-state index contributed by atoms with van der Waals surface area (Å²) in [5.41, 5.74) is 3.16.